The summed E-state index contributed by atoms with van der Waals surface area (Å²) in [7, 11) is 0. The van der Waals surface area contributed by atoms with Gasteiger partial charge in [0, 0.05) is 24.0 Å². The van der Waals surface area contributed by atoms with Gasteiger partial charge in [-0.3, -0.25) is 14.9 Å². The molecule has 0 fully saturated rings. The van der Waals surface area contributed by atoms with Crippen LogP contribution in [0.15, 0.2) is 42.9 Å². The van der Waals surface area contributed by atoms with Crippen molar-refractivity contribution in [3.8, 4) is 0 Å². The molecule has 0 saturated carbocycles. The number of nitrogens with zero attached hydrogens (tertiary/aromatic N) is 3. The molecule has 0 bridgehead atoms. The summed E-state index contributed by atoms with van der Waals surface area (Å²) in [5.74, 6) is -0.0513. The maximum Gasteiger partial charge on any atom is 0.224 e. The summed E-state index contributed by atoms with van der Waals surface area (Å²) >= 11 is 0. The maximum atomic E-state index is 11.9. The molecule has 6 nitrogen and oxygen atoms in total. The van der Waals surface area contributed by atoms with Crippen LogP contribution in [0.3, 0.4) is 0 Å². The summed E-state index contributed by atoms with van der Waals surface area (Å²) in [4.78, 5) is 20.0. The van der Waals surface area contributed by atoms with Gasteiger partial charge in [0.25, 0.3) is 0 Å². The van der Waals surface area contributed by atoms with E-state index in [0.29, 0.717) is 18.6 Å². The number of nitrogens with one attached hydrogen (secondary N) is 2. The highest BCUT2D eigenvalue weighted by molar-refractivity contribution is 5.80. The molecule has 0 aliphatic carbocycles. The van der Waals surface area contributed by atoms with E-state index < -0.39 is 0 Å². The molecule has 1 amide bonds. The van der Waals surface area contributed by atoms with Crippen molar-refractivity contribution in [3.05, 3.63) is 54.1 Å². The first-order valence-corrected chi connectivity index (χ1v) is 6.26. The van der Waals surface area contributed by atoms with Gasteiger partial charge in [-0.2, -0.15) is 5.10 Å². The Hall–Kier alpha value is -2.76. The van der Waals surface area contributed by atoms with E-state index in [2.05, 4.69) is 25.5 Å². The molecule has 2 N–H and O–H groups in total. The first kappa shape index (κ1) is 12.3. The minimum atomic E-state index is -0.0513. The van der Waals surface area contributed by atoms with Crippen LogP contribution >= 0.6 is 0 Å². The zero-order valence-corrected chi connectivity index (χ0v) is 10.7. The molecule has 0 spiro atoms. The van der Waals surface area contributed by atoms with Crippen LogP contribution in [0, 0.1) is 0 Å². The molecule has 0 radical (unpaired) electrons. The first-order chi connectivity index (χ1) is 9.83. The number of rotatable bonds is 4. The number of amides is 1. The van der Waals surface area contributed by atoms with Crippen LogP contribution in [-0.2, 0) is 17.8 Å². The topological polar surface area (TPSA) is 83.6 Å². The average Bonchev–Trinajstić information content (AvgIpc) is 2.89. The normalized spacial score (nSPS) is 10.6. The molecule has 20 heavy (non-hydrogen) atoms. The van der Waals surface area contributed by atoms with Gasteiger partial charge in [-0.1, -0.05) is 6.07 Å². The molecule has 0 aliphatic heterocycles. The lowest BCUT2D eigenvalue weighted by molar-refractivity contribution is -0.120. The fourth-order valence-corrected chi connectivity index (χ4v) is 1.97. The van der Waals surface area contributed by atoms with Gasteiger partial charge < -0.3 is 5.32 Å². The van der Waals surface area contributed by atoms with Crippen molar-refractivity contribution in [1.29, 1.82) is 0 Å². The van der Waals surface area contributed by atoms with Gasteiger partial charge in [0.05, 0.1) is 18.7 Å². The van der Waals surface area contributed by atoms with E-state index in [-0.39, 0.29) is 5.91 Å². The summed E-state index contributed by atoms with van der Waals surface area (Å²) in [6.07, 6.45) is 5.38. The van der Waals surface area contributed by atoms with Crippen LogP contribution in [0.5, 0.6) is 0 Å². The quantitative estimate of drug-likeness (QED) is 0.744. The second-order valence-electron chi connectivity index (χ2n) is 4.39. The molecule has 0 aromatic carbocycles. The molecular formula is C14H13N5O. The highest BCUT2D eigenvalue weighted by atomic mass is 16.1. The largest absolute Gasteiger partial charge is 0.350 e. The molecule has 0 aliphatic rings. The van der Waals surface area contributed by atoms with Crippen LogP contribution in [0.2, 0.25) is 0 Å². The number of carbonyl (C=O) groups is 1. The summed E-state index contributed by atoms with van der Waals surface area (Å²) in [5, 5.41) is 10.8. The smallest absolute Gasteiger partial charge is 0.224 e. The van der Waals surface area contributed by atoms with Gasteiger partial charge in [-0.05, 0) is 23.8 Å². The Bertz CT molecular complexity index is 723. The Balaban J connectivity index is 1.63. The number of aromatic nitrogens is 4. The highest BCUT2D eigenvalue weighted by Gasteiger charge is 2.08. The molecular weight excluding hydrogens is 254 g/mol. The lowest BCUT2D eigenvalue weighted by Crippen LogP contribution is -2.24. The second kappa shape index (κ2) is 5.48. The number of hydrogen-bond acceptors (Lipinski definition) is 4. The zero-order valence-electron chi connectivity index (χ0n) is 10.7. The van der Waals surface area contributed by atoms with E-state index in [1.807, 2.05) is 24.3 Å². The Morgan fingerprint density at radius 2 is 2.15 bits per heavy atom. The summed E-state index contributed by atoms with van der Waals surface area (Å²) in [6, 6.07) is 7.46. The monoisotopic (exact) mass is 267 g/mol. The summed E-state index contributed by atoms with van der Waals surface area (Å²) in [5.41, 5.74) is 2.40. The van der Waals surface area contributed by atoms with Gasteiger partial charge in [0.15, 0.2) is 5.65 Å². The minimum Gasteiger partial charge on any atom is -0.350 e. The lowest BCUT2D eigenvalue weighted by atomic mass is 10.2. The van der Waals surface area contributed by atoms with E-state index in [9.17, 15) is 4.79 Å². The van der Waals surface area contributed by atoms with Crippen molar-refractivity contribution in [1.82, 2.24) is 25.5 Å². The molecule has 0 atom stereocenters. The van der Waals surface area contributed by atoms with Gasteiger partial charge >= 0.3 is 0 Å². The van der Waals surface area contributed by atoms with Crippen molar-refractivity contribution in [2.45, 2.75) is 13.0 Å². The Labute approximate surface area is 115 Å². The van der Waals surface area contributed by atoms with Crippen LogP contribution in [0.25, 0.3) is 11.0 Å². The standard InChI is InChI=1S/C14H13N5O/c20-13(7-10-3-1-5-15-8-10)17-9-12-11-4-2-6-16-14(11)19-18-12/h1-6,8H,7,9H2,(H,17,20)(H,16,18,19). The fraction of sp³-hybridized carbons (Fsp3) is 0.143. The third-order valence-electron chi connectivity index (χ3n) is 2.96. The van der Waals surface area contributed by atoms with Crippen LogP contribution < -0.4 is 5.32 Å². The number of fused-ring (bicyclic) bond motifs is 1. The summed E-state index contributed by atoms with van der Waals surface area (Å²) in [6.45, 7) is 0.404. The zero-order chi connectivity index (χ0) is 13.8. The second-order valence-corrected chi connectivity index (χ2v) is 4.39. The highest BCUT2D eigenvalue weighted by Crippen LogP contribution is 2.12. The van der Waals surface area contributed by atoms with Crippen LogP contribution in [-0.4, -0.2) is 26.1 Å². The van der Waals surface area contributed by atoms with Gasteiger partial charge in [-0.25, -0.2) is 4.98 Å². The molecule has 6 heteroatoms. The SMILES string of the molecule is O=C(Cc1cccnc1)NCc1[nH]nc2ncccc12. The van der Waals surface area contributed by atoms with Gasteiger partial charge in [-0.15, -0.1) is 0 Å². The molecule has 0 unspecified atom stereocenters. The van der Waals surface area contributed by atoms with E-state index >= 15 is 0 Å². The third-order valence-corrected chi connectivity index (χ3v) is 2.96. The molecule has 3 heterocycles. The van der Waals surface area contributed by atoms with Crippen molar-refractivity contribution >= 4 is 16.9 Å². The summed E-state index contributed by atoms with van der Waals surface area (Å²) < 4.78 is 0. The molecule has 3 aromatic heterocycles. The molecule has 3 rings (SSSR count). The van der Waals surface area contributed by atoms with E-state index in [1.165, 1.54) is 0 Å². The average molecular weight is 267 g/mol. The van der Waals surface area contributed by atoms with E-state index in [1.54, 1.807) is 18.6 Å². The number of pyridine rings is 2. The predicted octanol–water partition coefficient (Wildman–Crippen LogP) is 1.21. The van der Waals surface area contributed by atoms with Gasteiger partial charge in [0.1, 0.15) is 0 Å². The maximum absolute atomic E-state index is 11.9. The Morgan fingerprint density at radius 3 is 3.00 bits per heavy atom. The van der Waals surface area contributed by atoms with E-state index in [0.717, 1.165) is 16.6 Å². The third kappa shape index (κ3) is 2.64. The fourth-order valence-electron chi connectivity index (χ4n) is 1.97. The first-order valence-electron chi connectivity index (χ1n) is 6.26. The number of H-pyrrole nitrogens is 1. The van der Waals surface area contributed by atoms with Gasteiger partial charge in [0.2, 0.25) is 5.91 Å². The number of carbonyl (C=O) groups excluding carboxylic acids is 1. The van der Waals surface area contributed by atoms with Crippen molar-refractivity contribution < 1.29 is 4.79 Å². The van der Waals surface area contributed by atoms with Crippen molar-refractivity contribution in [2.75, 3.05) is 0 Å². The minimum absolute atomic E-state index is 0.0513. The molecule has 3 aromatic rings. The Morgan fingerprint density at radius 1 is 1.25 bits per heavy atom. The van der Waals surface area contributed by atoms with Crippen LogP contribution in [0.4, 0.5) is 0 Å². The van der Waals surface area contributed by atoms with E-state index in [4.69, 9.17) is 0 Å². The van der Waals surface area contributed by atoms with Crippen molar-refractivity contribution in [3.63, 3.8) is 0 Å². The van der Waals surface area contributed by atoms with Crippen molar-refractivity contribution in [2.24, 2.45) is 0 Å². The van der Waals surface area contributed by atoms with Crippen LogP contribution in [0.1, 0.15) is 11.3 Å². The number of hydrogen-bond donors (Lipinski definition) is 2. The predicted molar refractivity (Wildman–Crippen MR) is 73.7 cm³/mol. The molecule has 100 valence electrons. The number of aromatic amines is 1. The lowest BCUT2D eigenvalue weighted by Gasteiger charge is -2.03. The Kier molecular flexibility index (Phi) is 3.36. The molecule has 0 saturated heterocycles.